The number of ether oxygens (including phenoxy) is 1. The first-order valence-corrected chi connectivity index (χ1v) is 11.2. The highest BCUT2D eigenvalue weighted by atomic mass is 19.1. The number of hydrogen-bond donors (Lipinski definition) is 2. The van der Waals surface area contributed by atoms with Crippen LogP contribution < -0.4 is 20.3 Å². The van der Waals surface area contributed by atoms with Crippen LogP contribution in [-0.2, 0) is 4.79 Å². The van der Waals surface area contributed by atoms with E-state index in [1.807, 2.05) is 18.2 Å². The predicted octanol–water partition coefficient (Wildman–Crippen LogP) is 5.75. The third-order valence-electron chi connectivity index (χ3n) is 5.70. The van der Waals surface area contributed by atoms with Gasteiger partial charge in [-0.05, 0) is 78.4 Å². The average Bonchev–Trinajstić information content (AvgIpc) is 2.90. The molecule has 6 nitrogen and oxygen atoms in total. The van der Waals surface area contributed by atoms with Gasteiger partial charge in [-0.2, -0.15) is 0 Å². The van der Waals surface area contributed by atoms with E-state index < -0.39 is 23.7 Å². The maximum absolute atomic E-state index is 13.6. The van der Waals surface area contributed by atoms with E-state index in [4.69, 9.17) is 4.74 Å². The van der Waals surface area contributed by atoms with Crippen LogP contribution in [0.4, 0.5) is 25.8 Å². The molecule has 1 aliphatic rings. The number of rotatable bonds is 6. The molecule has 0 fully saturated rings. The van der Waals surface area contributed by atoms with Gasteiger partial charge in [0.25, 0.3) is 11.8 Å². The van der Waals surface area contributed by atoms with Crippen molar-refractivity contribution in [1.82, 2.24) is 0 Å². The maximum Gasteiger partial charge on any atom is 0.262 e. The number of fused-ring (bicyclic) bond motifs is 1. The number of amides is 2. The van der Waals surface area contributed by atoms with E-state index in [1.54, 1.807) is 47.4 Å². The van der Waals surface area contributed by atoms with Gasteiger partial charge in [0.1, 0.15) is 23.5 Å². The molecule has 0 spiro atoms. The summed E-state index contributed by atoms with van der Waals surface area (Å²) < 4.78 is 32.3. The van der Waals surface area contributed by atoms with Crippen LogP contribution in [0.1, 0.15) is 22.1 Å². The fourth-order valence-corrected chi connectivity index (χ4v) is 4.01. The molecule has 1 aliphatic heterocycles. The Morgan fingerprint density at radius 1 is 0.889 bits per heavy atom. The quantitative estimate of drug-likeness (QED) is 0.365. The van der Waals surface area contributed by atoms with Crippen LogP contribution in [0.2, 0.25) is 0 Å². The molecule has 4 aromatic rings. The summed E-state index contributed by atoms with van der Waals surface area (Å²) in [4.78, 5) is 27.3. The van der Waals surface area contributed by atoms with Crippen LogP contribution in [0.25, 0.3) is 0 Å². The Kier molecular flexibility index (Phi) is 6.32. The third kappa shape index (κ3) is 4.88. The van der Waals surface area contributed by atoms with Crippen molar-refractivity contribution in [1.29, 1.82) is 0 Å². The molecule has 5 rings (SSSR count). The van der Waals surface area contributed by atoms with E-state index in [0.717, 1.165) is 0 Å². The van der Waals surface area contributed by atoms with E-state index in [1.165, 1.54) is 36.4 Å². The number of nitrogens with zero attached hydrogens (tertiary/aromatic N) is 1. The molecule has 2 amide bonds. The largest absolute Gasteiger partial charge is 0.484 e. The van der Waals surface area contributed by atoms with Gasteiger partial charge in [0.15, 0.2) is 6.61 Å². The molecule has 1 atom stereocenters. The Morgan fingerprint density at radius 3 is 2.33 bits per heavy atom. The molecule has 0 aromatic heterocycles. The molecule has 0 radical (unpaired) electrons. The number of halogens is 2. The fraction of sp³-hybridized carbons (Fsp3) is 0.0714. The summed E-state index contributed by atoms with van der Waals surface area (Å²) in [6, 6.07) is 25.4. The highest BCUT2D eigenvalue weighted by Crippen LogP contribution is 2.37. The molecule has 1 unspecified atom stereocenters. The van der Waals surface area contributed by atoms with Crippen LogP contribution >= 0.6 is 0 Å². The first kappa shape index (κ1) is 23.0. The summed E-state index contributed by atoms with van der Waals surface area (Å²) in [6.45, 7) is -0.262. The second-order valence-corrected chi connectivity index (χ2v) is 8.16. The normalized spacial score (nSPS) is 14.6. The fourth-order valence-electron chi connectivity index (χ4n) is 4.01. The molecule has 0 bridgehead atoms. The van der Waals surface area contributed by atoms with Crippen LogP contribution in [-0.4, -0.2) is 18.4 Å². The molecule has 1 heterocycles. The Balaban J connectivity index is 1.38. The van der Waals surface area contributed by atoms with Gasteiger partial charge < -0.3 is 15.4 Å². The molecule has 180 valence electrons. The van der Waals surface area contributed by atoms with Gasteiger partial charge in [-0.3, -0.25) is 14.5 Å². The zero-order valence-electron chi connectivity index (χ0n) is 18.9. The highest BCUT2D eigenvalue weighted by Gasteiger charge is 2.34. The van der Waals surface area contributed by atoms with Gasteiger partial charge in [-0.25, -0.2) is 8.78 Å². The van der Waals surface area contributed by atoms with Crippen molar-refractivity contribution >= 4 is 28.9 Å². The lowest BCUT2D eigenvalue weighted by atomic mass is 10.0. The molecular weight excluding hydrogens is 464 g/mol. The smallest absolute Gasteiger partial charge is 0.262 e. The van der Waals surface area contributed by atoms with E-state index in [9.17, 15) is 18.4 Å². The van der Waals surface area contributed by atoms with E-state index in [0.29, 0.717) is 33.9 Å². The van der Waals surface area contributed by atoms with Crippen molar-refractivity contribution < 1.29 is 23.1 Å². The van der Waals surface area contributed by atoms with Crippen molar-refractivity contribution in [3.05, 3.63) is 120 Å². The number of hydrogen-bond acceptors (Lipinski definition) is 4. The molecule has 0 saturated carbocycles. The Morgan fingerprint density at radius 2 is 1.58 bits per heavy atom. The summed E-state index contributed by atoms with van der Waals surface area (Å²) in [6.07, 6.45) is -0.602. The average molecular weight is 485 g/mol. The lowest BCUT2D eigenvalue weighted by molar-refractivity contribution is -0.118. The van der Waals surface area contributed by atoms with Gasteiger partial charge in [0, 0.05) is 17.1 Å². The van der Waals surface area contributed by atoms with Crippen molar-refractivity contribution in [3.63, 3.8) is 0 Å². The number of anilines is 3. The number of carbonyl (C=O) groups is 2. The Hall–Kier alpha value is -4.72. The SMILES string of the molecule is O=C(COc1cccc(C2Nc3ccccc3C(=O)N2c2ccc(F)cc2)c1)Nc1ccc(F)cc1. The minimum atomic E-state index is -0.602. The molecular formula is C28H21F2N3O3. The minimum Gasteiger partial charge on any atom is -0.484 e. The molecule has 2 N–H and O–H groups in total. The summed E-state index contributed by atoms with van der Waals surface area (Å²) in [5.41, 5.74) is 2.87. The summed E-state index contributed by atoms with van der Waals surface area (Å²) in [7, 11) is 0. The first-order chi connectivity index (χ1) is 17.5. The van der Waals surface area contributed by atoms with Crippen molar-refractivity contribution in [2.24, 2.45) is 0 Å². The summed E-state index contributed by atoms with van der Waals surface area (Å²) in [5, 5.41) is 6.02. The van der Waals surface area contributed by atoms with Crippen molar-refractivity contribution in [2.45, 2.75) is 6.17 Å². The van der Waals surface area contributed by atoms with E-state index in [-0.39, 0.29) is 12.5 Å². The molecule has 36 heavy (non-hydrogen) atoms. The molecule has 0 saturated heterocycles. The van der Waals surface area contributed by atoms with Crippen LogP contribution in [0.15, 0.2) is 97.1 Å². The van der Waals surface area contributed by atoms with E-state index >= 15 is 0 Å². The Labute approximate surface area is 206 Å². The van der Waals surface area contributed by atoms with Crippen LogP contribution in [0.5, 0.6) is 5.75 Å². The van der Waals surface area contributed by atoms with E-state index in [2.05, 4.69) is 10.6 Å². The monoisotopic (exact) mass is 485 g/mol. The first-order valence-electron chi connectivity index (χ1n) is 11.2. The standard InChI is InChI=1S/C28H21F2N3O3/c29-19-8-12-21(13-9-19)31-26(34)17-36-23-5-3-4-18(16-23)27-32-25-7-2-1-6-24(25)28(35)33(27)22-14-10-20(30)11-15-22/h1-16,27,32H,17H2,(H,31,34). The Bertz CT molecular complexity index is 1410. The van der Waals surface area contributed by atoms with Crippen molar-refractivity contribution in [3.8, 4) is 5.75 Å². The molecule has 4 aromatic carbocycles. The van der Waals surface area contributed by atoms with Gasteiger partial charge in [0.2, 0.25) is 0 Å². The number of benzene rings is 4. The third-order valence-corrected chi connectivity index (χ3v) is 5.70. The van der Waals surface area contributed by atoms with Crippen molar-refractivity contribution in [2.75, 3.05) is 22.1 Å². The second-order valence-electron chi connectivity index (χ2n) is 8.16. The summed E-state index contributed by atoms with van der Waals surface area (Å²) in [5.74, 6) is -1.00. The molecule has 0 aliphatic carbocycles. The number of carbonyl (C=O) groups excluding carboxylic acids is 2. The maximum atomic E-state index is 13.6. The lowest BCUT2D eigenvalue weighted by Crippen LogP contribution is -2.43. The van der Waals surface area contributed by atoms with Crippen LogP contribution in [0, 0.1) is 11.6 Å². The minimum absolute atomic E-state index is 0.231. The summed E-state index contributed by atoms with van der Waals surface area (Å²) >= 11 is 0. The predicted molar refractivity (Wildman–Crippen MR) is 133 cm³/mol. The topological polar surface area (TPSA) is 70.7 Å². The van der Waals surface area contributed by atoms with Gasteiger partial charge >= 0.3 is 0 Å². The lowest BCUT2D eigenvalue weighted by Gasteiger charge is -2.38. The zero-order chi connectivity index (χ0) is 25.1. The second kappa shape index (κ2) is 9.87. The number of nitrogens with one attached hydrogen (secondary N) is 2. The van der Waals surface area contributed by atoms with Gasteiger partial charge in [-0.15, -0.1) is 0 Å². The van der Waals surface area contributed by atoms with Gasteiger partial charge in [0.05, 0.1) is 5.56 Å². The van der Waals surface area contributed by atoms with Crippen LogP contribution in [0.3, 0.4) is 0 Å². The van der Waals surface area contributed by atoms with Gasteiger partial charge in [-0.1, -0.05) is 24.3 Å². The molecule has 8 heteroatoms. The highest BCUT2D eigenvalue weighted by molar-refractivity contribution is 6.12. The zero-order valence-corrected chi connectivity index (χ0v) is 18.9. The number of para-hydroxylation sites is 1.